The van der Waals surface area contributed by atoms with Crippen LogP contribution in [0.2, 0.25) is 0 Å². The number of amides is 2. The number of anilines is 1. The van der Waals surface area contributed by atoms with E-state index in [4.69, 9.17) is 0 Å². The first-order valence-corrected chi connectivity index (χ1v) is 10.9. The predicted octanol–water partition coefficient (Wildman–Crippen LogP) is 4.85. The third-order valence-electron chi connectivity index (χ3n) is 6.23. The highest BCUT2D eigenvalue weighted by atomic mass is 16.2. The number of benzene rings is 2. The van der Waals surface area contributed by atoms with Gasteiger partial charge in [-0.1, -0.05) is 61.7 Å². The Kier molecular flexibility index (Phi) is 6.26. The Labute approximate surface area is 178 Å². The molecule has 0 spiro atoms. The Morgan fingerprint density at radius 3 is 2.30 bits per heavy atom. The van der Waals surface area contributed by atoms with Gasteiger partial charge >= 0.3 is 0 Å². The molecule has 0 saturated heterocycles. The Balaban J connectivity index is 1.29. The van der Waals surface area contributed by atoms with E-state index in [1.807, 2.05) is 49.4 Å². The molecule has 2 N–H and O–H groups in total. The molecule has 2 aromatic rings. The number of carbonyl (C=O) groups excluding carboxylic acids is 2. The van der Waals surface area contributed by atoms with Crippen LogP contribution in [0.3, 0.4) is 0 Å². The van der Waals surface area contributed by atoms with E-state index in [2.05, 4.69) is 28.0 Å². The van der Waals surface area contributed by atoms with Crippen LogP contribution in [-0.4, -0.2) is 17.5 Å². The minimum Gasteiger partial charge on any atom is -0.326 e. The quantitative estimate of drug-likeness (QED) is 0.535. The molecular weight excluding hydrogens is 374 g/mol. The van der Waals surface area contributed by atoms with Crippen LogP contribution >= 0.6 is 0 Å². The Morgan fingerprint density at radius 2 is 1.60 bits per heavy atom. The monoisotopic (exact) mass is 403 g/mol. The van der Waals surface area contributed by atoms with Crippen molar-refractivity contribution in [3.63, 3.8) is 0 Å². The molecule has 0 heterocycles. The minimum absolute atomic E-state index is 0.00123. The van der Waals surface area contributed by atoms with Crippen molar-refractivity contribution in [2.45, 2.75) is 51.4 Å². The van der Waals surface area contributed by atoms with Crippen molar-refractivity contribution in [1.82, 2.24) is 5.43 Å². The second-order valence-electron chi connectivity index (χ2n) is 8.43. The fourth-order valence-electron chi connectivity index (χ4n) is 4.24. The van der Waals surface area contributed by atoms with Crippen molar-refractivity contribution >= 4 is 23.2 Å². The van der Waals surface area contributed by atoms with Crippen molar-refractivity contribution in [2.24, 2.45) is 16.9 Å². The van der Waals surface area contributed by atoms with E-state index < -0.39 is 0 Å². The summed E-state index contributed by atoms with van der Waals surface area (Å²) in [5.41, 5.74) is 6.38. The van der Waals surface area contributed by atoms with Gasteiger partial charge in [0.1, 0.15) is 0 Å². The highest BCUT2D eigenvalue weighted by Crippen LogP contribution is 2.47. The normalized spacial score (nSPS) is 21.7. The molecule has 2 amide bonds. The average Bonchev–Trinajstić information content (AvgIpc) is 3.60. The standard InChI is InChI=1S/C25H29N3O2/c1-17(27-28-25(30)23-16-22(23)19-8-4-2-5-9-19)18-12-14-21(15-13-18)26-24(29)20-10-6-3-7-11-20/h2,4-5,8-9,12-15,20,22-23H,3,6-7,10-11,16H2,1H3,(H,26,29)(H,28,30)/b27-17+/t22-,23-/m0/s1. The van der Waals surface area contributed by atoms with E-state index in [9.17, 15) is 9.59 Å². The summed E-state index contributed by atoms with van der Waals surface area (Å²) in [5.74, 6) is 0.534. The summed E-state index contributed by atoms with van der Waals surface area (Å²) >= 11 is 0. The van der Waals surface area contributed by atoms with Gasteiger partial charge in [0, 0.05) is 17.5 Å². The summed E-state index contributed by atoms with van der Waals surface area (Å²) in [7, 11) is 0. The molecule has 2 aliphatic rings. The van der Waals surface area contributed by atoms with E-state index in [-0.39, 0.29) is 23.7 Å². The number of carbonyl (C=O) groups is 2. The highest BCUT2D eigenvalue weighted by Gasteiger charge is 2.43. The number of hydrazone groups is 1. The van der Waals surface area contributed by atoms with Gasteiger partial charge in [-0.05, 0) is 55.4 Å². The third-order valence-corrected chi connectivity index (χ3v) is 6.23. The molecule has 0 aromatic heterocycles. The lowest BCUT2D eigenvalue weighted by molar-refractivity contribution is -0.122. The molecule has 2 atom stereocenters. The second kappa shape index (κ2) is 9.24. The van der Waals surface area contributed by atoms with Crippen LogP contribution in [0.15, 0.2) is 59.7 Å². The molecule has 0 aliphatic heterocycles. The molecule has 0 bridgehead atoms. The highest BCUT2D eigenvalue weighted by molar-refractivity contribution is 6.00. The molecule has 2 saturated carbocycles. The lowest BCUT2D eigenvalue weighted by Crippen LogP contribution is -2.24. The SMILES string of the molecule is C/C(=N\NC(=O)[C@H]1C[C@H]1c1ccccc1)c1ccc(NC(=O)C2CCCCC2)cc1. The fourth-order valence-corrected chi connectivity index (χ4v) is 4.24. The first kappa shape index (κ1) is 20.3. The van der Waals surface area contributed by atoms with Crippen molar-refractivity contribution in [1.29, 1.82) is 0 Å². The average molecular weight is 404 g/mol. The fraction of sp³-hybridized carbons (Fsp3) is 0.400. The molecular formula is C25H29N3O2. The summed E-state index contributed by atoms with van der Waals surface area (Å²) in [6.07, 6.45) is 6.38. The molecule has 2 aromatic carbocycles. The molecule has 5 heteroatoms. The van der Waals surface area contributed by atoms with Crippen molar-refractivity contribution in [3.8, 4) is 0 Å². The summed E-state index contributed by atoms with van der Waals surface area (Å²) in [6.45, 7) is 1.87. The number of hydrogen-bond acceptors (Lipinski definition) is 3. The van der Waals surface area contributed by atoms with E-state index in [1.165, 1.54) is 12.0 Å². The lowest BCUT2D eigenvalue weighted by atomic mass is 9.88. The zero-order valence-corrected chi connectivity index (χ0v) is 17.4. The van der Waals surface area contributed by atoms with Gasteiger partial charge < -0.3 is 5.32 Å². The minimum atomic E-state index is -0.0282. The smallest absolute Gasteiger partial charge is 0.243 e. The summed E-state index contributed by atoms with van der Waals surface area (Å²) in [5, 5.41) is 7.30. The molecule has 4 rings (SSSR count). The number of nitrogens with one attached hydrogen (secondary N) is 2. The van der Waals surface area contributed by atoms with Crippen molar-refractivity contribution < 1.29 is 9.59 Å². The summed E-state index contributed by atoms with van der Waals surface area (Å²) in [6, 6.07) is 17.8. The molecule has 30 heavy (non-hydrogen) atoms. The van der Waals surface area contributed by atoms with E-state index >= 15 is 0 Å². The van der Waals surface area contributed by atoms with Gasteiger partial charge in [-0.2, -0.15) is 5.10 Å². The van der Waals surface area contributed by atoms with E-state index in [0.717, 1.165) is 49.1 Å². The first-order chi connectivity index (χ1) is 14.6. The molecule has 2 aliphatic carbocycles. The predicted molar refractivity (Wildman–Crippen MR) is 119 cm³/mol. The first-order valence-electron chi connectivity index (χ1n) is 10.9. The van der Waals surface area contributed by atoms with Crippen LogP contribution in [0.25, 0.3) is 0 Å². The van der Waals surface area contributed by atoms with Crippen LogP contribution in [0.4, 0.5) is 5.69 Å². The maximum atomic E-state index is 12.4. The van der Waals surface area contributed by atoms with Gasteiger partial charge in [0.2, 0.25) is 11.8 Å². The van der Waals surface area contributed by atoms with Gasteiger partial charge in [0.25, 0.3) is 0 Å². The number of rotatable bonds is 6. The van der Waals surface area contributed by atoms with Gasteiger partial charge in [-0.25, -0.2) is 5.43 Å². The summed E-state index contributed by atoms with van der Waals surface area (Å²) in [4.78, 5) is 24.8. The van der Waals surface area contributed by atoms with Gasteiger partial charge in [-0.3, -0.25) is 9.59 Å². The summed E-state index contributed by atoms with van der Waals surface area (Å²) < 4.78 is 0. The van der Waals surface area contributed by atoms with Gasteiger partial charge in [0.05, 0.1) is 5.71 Å². The maximum absolute atomic E-state index is 12.4. The Hall–Kier alpha value is -2.95. The second-order valence-corrected chi connectivity index (χ2v) is 8.43. The number of hydrogen-bond donors (Lipinski definition) is 2. The molecule has 2 fully saturated rings. The largest absolute Gasteiger partial charge is 0.326 e. The van der Waals surface area contributed by atoms with Gasteiger partial charge in [-0.15, -0.1) is 0 Å². The lowest BCUT2D eigenvalue weighted by Gasteiger charge is -2.20. The van der Waals surface area contributed by atoms with Crippen LogP contribution in [0.5, 0.6) is 0 Å². The van der Waals surface area contributed by atoms with Gasteiger partial charge in [0.15, 0.2) is 0 Å². The molecule has 156 valence electrons. The maximum Gasteiger partial charge on any atom is 0.243 e. The zero-order valence-electron chi connectivity index (χ0n) is 17.4. The topological polar surface area (TPSA) is 70.6 Å². The van der Waals surface area contributed by atoms with E-state index in [0.29, 0.717) is 5.92 Å². The Bertz CT molecular complexity index is 915. The van der Waals surface area contributed by atoms with Crippen LogP contribution in [0, 0.1) is 11.8 Å². The molecule has 0 unspecified atom stereocenters. The molecule has 5 nitrogen and oxygen atoms in total. The van der Waals surface area contributed by atoms with E-state index in [1.54, 1.807) is 0 Å². The van der Waals surface area contributed by atoms with Crippen LogP contribution in [0.1, 0.15) is 62.5 Å². The van der Waals surface area contributed by atoms with Crippen LogP contribution in [-0.2, 0) is 9.59 Å². The van der Waals surface area contributed by atoms with Crippen LogP contribution < -0.4 is 10.7 Å². The molecule has 0 radical (unpaired) electrons. The third kappa shape index (κ3) is 4.96. The Morgan fingerprint density at radius 1 is 0.900 bits per heavy atom. The van der Waals surface area contributed by atoms with Crippen molar-refractivity contribution in [2.75, 3.05) is 5.32 Å². The zero-order chi connectivity index (χ0) is 20.9. The number of nitrogens with zero attached hydrogens (tertiary/aromatic N) is 1. The van der Waals surface area contributed by atoms with Crippen molar-refractivity contribution in [3.05, 3.63) is 65.7 Å².